The van der Waals surface area contributed by atoms with E-state index in [1.165, 1.54) is 0 Å². The van der Waals surface area contributed by atoms with Crippen LogP contribution in [0.4, 0.5) is 0 Å². The largest absolute Gasteiger partial charge is 0.493 e. The number of benzene rings is 1. The summed E-state index contributed by atoms with van der Waals surface area (Å²) in [6.45, 7) is 0.564. The number of carboxylic acids is 1. The molecule has 0 unspecified atom stereocenters. The topological polar surface area (TPSA) is 55.8 Å². The van der Waals surface area contributed by atoms with E-state index in [9.17, 15) is 9.90 Å². The van der Waals surface area contributed by atoms with Crippen molar-refractivity contribution in [3.8, 4) is 11.5 Å². The Morgan fingerprint density at radius 2 is 2.15 bits per heavy atom. The van der Waals surface area contributed by atoms with Gasteiger partial charge < -0.3 is 14.6 Å². The van der Waals surface area contributed by atoms with Crippen molar-refractivity contribution in [1.82, 2.24) is 0 Å². The van der Waals surface area contributed by atoms with Gasteiger partial charge in [0.2, 0.25) is 0 Å². The van der Waals surface area contributed by atoms with Crippen LogP contribution < -0.4 is 9.47 Å². The van der Waals surface area contributed by atoms with E-state index in [-0.39, 0.29) is 0 Å². The third kappa shape index (κ3) is 1.78. The Labute approximate surface area is 122 Å². The number of hydrogen-bond acceptors (Lipinski definition) is 3. The van der Waals surface area contributed by atoms with Gasteiger partial charge in [0.1, 0.15) is 0 Å². The minimum absolute atomic E-state index is 0.544. The molecule has 5 heteroatoms. The van der Waals surface area contributed by atoms with E-state index < -0.39 is 11.4 Å². The van der Waals surface area contributed by atoms with Gasteiger partial charge in [0.15, 0.2) is 11.5 Å². The smallest absolute Gasteiger partial charge is 0.314 e. The molecule has 3 rings (SSSR count). The highest BCUT2D eigenvalue weighted by Gasteiger charge is 2.45. The molecule has 1 aromatic carbocycles. The fraction of sp³-hybridized carbons (Fsp3) is 0.533. The normalized spacial score (nSPS) is 19.5. The third-order valence-corrected chi connectivity index (χ3v) is 4.91. The predicted molar refractivity (Wildman–Crippen MR) is 75.0 cm³/mol. The first-order valence-electron chi connectivity index (χ1n) is 6.86. The fourth-order valence-corrected chi connectivity index (χ4v) is 3.80. The molecule has 1 fully saturated rings. The summed E-state index contributed by atoms with van der Waals surface area (Å²) < 4.78 is 10.9. The minimum atomic E-state index is -0.873. The Morgan fingerprint density at radius 1 is 1.45 bits per heavy atom. The zero-order valence-electron chi connectivity index (χ0n) is 11.4. The lowest BCUT2D eigenvalue weighted by atomic mass is 9.78. The molecule has 0 spiro atoms. The Morgan fingerprint density at radius 3 is 2.75 bits per heavy atom. The Balaban J connectivity index is 2.21. The van der Waals surface area contributed by atoms with Crippen molar-refractivity contribution in [2.75, 3.05) is 13.7 Å². The van der Waals surface area contributed by atoms with Gasteiger partial charge in [-0.05, 0) is 24.5 Å². The van der Waals surface area contributed by atoms with Crippen molar-refractivity contribution in [2.24, 2.45) is 0 Å². The molecule has 0 atom stereocenters. The molecule has 1 heterocycles. The molecular formula is C15H17ClO4. The highest BCUT2D eigenvalue weighted by molar-refractivity contribution is 6.33. The van der Waals surface area contributed by atoms with Crippen LogP contribution in [0.1, 0.15) is 36.8 Å². The van der Waals surface area contributed by atoms with Gasteiger partial charge in [-0.15, -0.1) is 0 Å². The highest BCUT2D eigenvalue weighted by Crippen LogP contribution is 2.50. The highest BCUT2D eigenvalue weighted by atomic mass is 35.5. The number of carbonyl (C=O) groups is 1. The Kier molecular flexibility index (Phi) is 3.28. The van der Waals surface area contributed by atoms with Crippen LogP contribution in [0.25, 0.3) is 0 Å². The fourth-order valence-electron chi connectivity index (χ4n) is 3.38. The van der Waals surface area contributed by atoms with Crippen LogP contribution in [0.3, 0.4) is 0 Å². The average molecular weight is 297 g/mol. The second kappa shape index (κ2) is 4.85. The summed E-state index contributed by atoms with van der Waals surface area (Å²) in [6.07, 6.45) is 3.79. The lowest BCUT2D eigenvalue weighted by Gasteiger charge is -2.27. The van der Waals surface area contributed by atoms with E-state index in [1.807, 2.05) is 0 Å². The molecular weight excluding hydrogens is 280 g/mol. The first-order chi connectivity index (χ1) is 9.60. The number of carboxylic acid groups (broad SMARTS) is 1. The molecule has 0 bridgehead atoms. The van der Waals surface area contributed by atoms with E-state index >= 15 is 0 Å². The van der Waals surface area contributed by atoms with Crippen molar-refractivity contribution < 1.29 is 19.4 Å². The summed E-state index contributed by atoms with van der Waals surface area (Å²) in [5.74, 6) is 0.460. The van der Waals surface area contributed by atoms with Gasteiger partial charge in [-0.2, -0.15) is 0 Å². The first-order valence-corrected chi connectivity index (χ1v) is 7.24. The van der Waals surface area contributed by atoms with E-state index in [0.29, 0.717) is 48.0 Å². The van der Waals surface area contributed by atoms with Crippen LogP contribution in [0, 0.1) is 0 Å². The predicted octanol–water partition coefficient (Wildman–Crippen LogP) is 3.18. The molecule has 4 nitrogen and oxygen atoms in total. The van der Waals surface area contributed by atoms with Crippen LogP contribution in [0.15, 0.2) is 6.07 Å². The molecule has 0 radical (unpaired) electrons. The number of methoxy groups -OCH3 is 1. The summed E-state index contributed by atoms with van der Waals surface area (Å²) in [6, 6.07) is 1.76. The summed E-state index contributed by atoms with van der Waals surface area (Å²) >= 11 is 6.50. The molecule has 0 aromatic heterocycles. The first kappa shape index (κ1) is 13.6. The lowest BCUT2D eigenvalue weighted by molar-refractivity contribution is -0.143. The maximum Gasteiger partial charge on any atom is 0.314 e. The van der Waals surface area contributed by atoms with E-state index in [2.05, 4.69) is 0 Å². The number of halogens is 1. The molecule has 0 saturated heterocycles. The number of rotatable bonds is 3. The van der Waals surface area contributed by atoms with E-state index in [1.54, 1.807) is 13.2 Å². The third-order valence-electron chi connectivity index (χ3n) is 4.48. The lowest BCUT2D eigenvalue weighted by Crippen LogP contribution is -2.33. The molecule has 1 saturated carbocycles. The van der Waals surface area contributed by atoms with E-state index in [0.717, 1.165) is 18.4 Å². The maximum absolute atomic E-state index is 11.8. The summed E-state index contributed by atoms with van der Waals surface area (Å²) in [4.78, 5) is 11.8. The number of fused-ring (bicyclic) bond motifs is 1. The van der Waals surface area contributed by atoms with Gasteiger partial charge in [0.05, 0.1) is 24.2 Å². The van der Waals surface area contributed by atoms with Crippen molar-refractivity contribution in [3.05, 3.63) is 22.2 Å². The zero-order valence-corrected chi connectivity index (χ0v) is 12.1. The summed E-state index contributed by atoms with van der Waals surface area (Å²) in [5.41, 5.74) is 0.695. The molecule has 20 heavy (non-hydrogen) atoms. The van der Waals surface area contributed by atoms with E-state index in [4.69, 9.17) is 21.1 Å². The number of aliphatic carboxylic acids is 1. The molecule has 1 aromatic rings. The van der Waals surface area contributed by atoms with Gasteiger partial charge in [-0.1, -0.05) is 24.4 Å². The zero-order chi connectivity index (χ0) is 14.3. The number of ether oxygens (including phenoxy) is 2. The molecule has 0 amide bonds. The van der Waals surface area contributed by atoms with Crippen LogP contribution in [0.5, 0.6) is 11.5 Å². The van der Waals surface area contributed by atoms with Crippen molar-refractivity contribution in [2.45, 2.75) is 37.5 Å². The summed E-state index contributed by atoms with van der Waals surface area (Å²) in [7, 11) is 1.57. The van der Waals surface area contributed by atoms with Crippen LogP contribution >= 0.6 is 11.6 Å². The minimum Gasteiger partial charge on any atom is -0.493 e. The quantitative estimate of drug-likeness (QED) is 0.931. The maximum atomic E-state index is 11.8. The number of hydrogen-bond donors (Lipinski definition) is 1. The van der Waals surface area contributed by atoms with Gasteiger partial charge in [-0.3, -0.25) is 4.79 Å². The molecule has 2 aliphatic rings. The van der Waals surface area contributed by atoms with Gasteiger partial charge in [-0.25, -0.2) is 0 Å². The Hall–Kier alpha value is -1.42. The van der Waals surface area contributed by atoms with Gasteiger partial charge in [0.25, 0.3) is 0 Å². The molecule has 108 valence electrons. The second-order valence-corrected chi connectivity index (χ2v) is 5.82. The van der Waals surface area contributed by atoms with Crippen molar-refractivity contribution in [3.63, 3.8) is 0 Å². The summed E-state index contributed by atoms with van der Waals surface area (Å²) in [5, 5.41) is 10.3. The second-order valence-electron chi connectivity index (χ2n) is 5.44. The SMILES string of the molecule is COc1cc(C2(C(=O)O)CCCC2)c(Cl)c2c1OCC2. The van der Waals surface area contributed by atoms with Gasteiger partial charge >= 0.3 is 5.97 Å². The van der Waals surface area contributed by atoms with Crippen molar-refractivity contribution >= 4 is 17.6 Å². The molecule has 1 aliphatic heterocycles. The Bertz CT molecular complexity index is 561. The van der Waals surface area contributed by atoms with Crippen LogP contribution in [0.2, 0.25) is 5.02 Å². The average Bonchev–Trinajstić information content (AvgIpc) is 3.09. The van der Waals surface area contributed by atoms with Crippen molar-refractivity contribution in [1.29, 1.82) is 0 Å². The monoisotopic (exact) mass is 296 g/mol. The standard InChI is InChI=1S/C15H17ClO4/c1-19-11-8-10(12(16)9-4-7-20-13(9)11)15(14(17)18)5-2-3-6-15/h8H,2-7H2,1H3,(H,17,18). The molecule has 1 N–H and O–H groups in total. The van der Waals surface area contributed by atoms with Gasteiger partial charge in [0, 0.05) is 12.0 Å². The molecule has 1 aliphatic carbocycles. The van der Waals surface area contributed by atoms with Crippen LogP contribution in [-0.4, -0.2) is 24.8 Å². The van der Waals surface area contributed by atoms with Crippen LogP contribution in [-0.2, 0) is 16.6 Å².